The zero-order valence-corrected chi connectivity index (χ0v) is 17.2. The average Bonchev–Trinajstić information content (AvgIpc) is 2.55. The molecule has 0 N–H and O–H groups in total. The van der Waals surface area contributed by atoms with Crippen LogP contribution in [0.2, 0.25) is 0 Å². The number of allylic oxidation sites excluding steroid dienone is 6. The van der Waals surface area contributed by atoms with Gasteiger partial charge in [-0.05, 0) is 66.9 Å². The fraction of sp³-hybridized carbons (Fsp3) is 0.440. The number of aryl methyl sites for hydroxylation is 1. The van der Waals surface area contributed by atoms with Gasteiger partial charge in [-0.25, -0.2) is 4.39 Å². The fourth-order valence-electron chi connectivity index (χ4n) is 3.11. The Labute approximate surface area is 160 Å². The molecule has 1 unspecified atom stereocenters. The van der Waals surface area contributed by atoms with Crippen molar-refractivity contribution in [2.24, 2.45) is 11.8 Å². The number of hydrogen-bond acceptors (Lipinski definition) is 0. The third-order valence-corrected chi connectivity index (χ3v) is 4.97. The monoisotopic (exact) mass is 354 g/mol. The Morgan fingerprint density at radius 3 is 2.38 bits per heavy atom. The molecule has 1 heteroatoms. The molecule has 0 saturated heterocycles. The number of benzene rings is 1. The van der Waals surface area contributed by atoms with Crippen LogP contribution in [0.3, 0.4) is 0 Å². The first-order valence-electron chi connectivity index (χ1n) is 9.73. The molecule has 0 fully saturated rings. The first kappa shape index (κ1) is 22.2. The van der Waals surface area contributed by atoms with E-state index in [0.717, 1.165) is 36.0 Å². The van der Waals surface area contributed by atoms with Crippen molar-refractivity contribution in [3.05, 3.63) is 83.2 Å². The molecule has 1 atom stereocenters. The lowest BCUT2D eigenvalue weighted by molar-refractivity contribution is 0.474. The molecule has 0 aliphatic heterocycles. The second kappa shape index (κ2) is 11.0. The summed E-state index contributed by atoms with van der Waals surface area (Å²) in [5, 5.41) is 0. The molecule has 0 aliphatic rings. The second-order valence-corrected chi connectivity index (χ2v) is 7.63. The zero-order chi connectivity index (χ0) is 19.7. The molecule has 0 spiro atoms. The highest BCUT2D eigenvalue weighted by molar-refractivity contribution is 5.39. The van der Waals surface area contributed by atoms with Gasteiger partial charge in [-0.2, -0.15) is 0 Å². The van der Waals surface area contributed by atoms with Crippen molar-refractivity contribution < 1.29 is 4.39 Å². The highest BCUT2D eigenvalue weighted by atomic mass is 19.1. The van der Waals surface area contributed by atoms with Crippen molar-refractivity contribution in [1.82, 2.24) is 0 Å². The standard InChI is InChI=1S/C25H35F/c1-8-10-20(6)24(16-22-14-19(5)15-25(26)17-22)13-12-23(11-9-2)21(7)18(3)4/h9,12-15,17-18,21H,2,6,8,10-11,16H2,1,3-5,7H3/b23-12+,24-13-. The lowest BCUT2D eigenvalue weighted by Gasteiger charge is -2.19. The smallest absolute Gasteiger partial charge is 0.123 e. The van der Waals surface area contributed by atoms with Gasteiger partial charge in [0.15, 0.2) is 0 Å². The van der Waals surface area contributed by atoms with Crippen molar-refractivity contribution in [2.75, 3.05) is 0 Å². The maximum Gasteiger partial charge on any atom is 0.123 e. The lowest BCUT2D eigenvalue weighted by atomic mass is 9.87. The molecule has 1 rings (SSSR count). The normalized spacial score (nSPS) is 13.8. The largest absolute Gasteiger partial charge is 0.207 e. The minimum Gasteiger partial charge on any atom is -0.207 e. The Balaban J connectivity index is 3.22. The van der Waals surface area contributed by atoms with E-state index < -0.39 is 0 Å². The van der Waals surface area contributed by atoms with Crippen molar-refractivity contribution in [3.63, 3.8) is 0 Å². The second-order valence-electron chi connectivity index (χ2n) is 7.63. The molecule has 0 aromatic heterocycles. The summed E-state index contributed by atoms with van der Waals surface area (Å²) in [7, 11) is 0. The summed E-state index contributed by atoms with van der Waals surface area (Å²) in [5.41, 5.74) is 5.67. The van der Waals surface area contributed by atoms with Crippen molar-refractivity contribution in [2.45, 2.75) is 60.3 Å². The number of rotatable bonds is 10. The summed E-state index contributed by atoms with van der Waals surface area (Å²) in [4.78, 5) is 0. The molecule has 0 radical (unpaired) electrons. The molecule has 1 aromatic carbocycles. The maximum absolute atomic E-state index is 13.8. The molecule has 1 aromatic rings. The Morgan fingerprint density at radius 1 is 1.15 bits per heavy atom. The Morgan fingerprint density at radius 2 is 1.85 bits per heavy atom. The summed E-state index contributed by atoms with van der Waals surface area (Å²) in [6.45, 7) is 19.0. The van der Waals surface area contributed by atoms with Crippen LogP contribution in [0.1, 0.15) is 58.1 Å². The Kier molecular flexibility index (Phi) is 9.34. The van der Waals surface area contributed by atoms with E-state index in [9.17, 15) is 4.39 Å². The van der Waals surface area contributed by atoms with Crippen LogP contribution in [-0.2, 0) is 6.42 Å². The predicted molar refractivity (Wildman–Crippen MR) is 114 cm³/mol. The van der Waals surface area contributed by atoms with Crippen molar-refractivity contribution in [3.8, 4) is 0 Å². The predicted octanol–water partition coefficient (Wildman–Crippen LogP) is 7.75. The van der Waals surface area contributed by atoms with Gasteiger partial charge in [0, 0.05) is 0 Å². The van der Waals surface area contributed by atoms with Crippen LogP contribution in [0.4, 0.5) is 4.39 Å². The molecule has 26 heavy (non-hydrogen) atoms. The van der Waals surface area contributed by atoms with E-state index in [0.29, 0.717) is 18.3 Å². The topological polar surface area (TPSA) is 0 Å². The van der Waals surface area contributed by atoms with E-state index in [1.165, 1.54) is 11.1 Å². The van der Waals surface area contributed by atoms with Gasteiger partial charge in [0.2, 0.25) is 0 Å². The quantitative estimate of drug-likeness (QED) is 0.297. The third-order valence-electron chi connectivity index (χ3n) is 4.97. The molecule has 0 amide bonds. The molecule has 142 valence electrons. The first-order valence-corrected chi connectivity index (χ1v) is 9.73. The van der Waals surface area contributed by atoms with Crippen LogP contribution in [0.5, 0.6) is 0 Å². The Bertz CT molecular complexity index is 653. The van der Waals surface area contributed by atoms with Crippen molar-refractivity contribution >= 4 is 0 Å². The first-order chi connectivity index (χ1) is 12.3. The molecule has 0 nitrogen and oxygen atoms in total. The van der Waals surface area contributed by atoms with Gasteiger partial charge in [-0.3, -0.25) is 0 Å². The minimum absolute atomic E-state index is 0.170. The van der Waals surface area contributed by atoms with E-state index in [1.54, 1.807) is 12.1 Å². The molecule has 0 bridgehead atoms. The summed E-state index contributed by atoms with van der Waals surface area (Å²) in [6.07, 6.45) is 10.0. The number of halogens is 1. The van der Waals surface area contributed by atoms with E-state index in [-0.39, 0.29) is 5.82 Å². The van der Waals surface area contributed by atoms with Crippen molar-refractivity contribution in [1.29, 1.82) is 0 Å². The van der Waals surface area contributed by atoms with Crippen LogP contribution in [-0.4, -0.2) is 0 Å². The summed E-state index contributed by atoms with van der Waals surface area (Å²) < 4.78 is 13.8. The van der Waals surface area contributed by atoms with Gasteiger partial charge in [0.25, 0.3) is 0 Å². The molecule has 0 aliphatic carbocycles. The van der Waals surface area contributed by atoms with Crippen LogP contribution in [0.25, 0.3) is 0 Å². The maximum atomic E-state index is 13.8. The van der Waals surface area contributed by atoms with Gasteiger partial charge >= 0.3 is 0 Å². The summed E-state index contributed by atoms with van der Waals surface area (Å²) in [6, 6.07) is 5.26. The van der Waals surface area contributed by atoms with Crippen LogP contribution < -0.4 is 0 Å². The summed E-state index contributed by atoms with van der Waals surface area (Å²) >= 11 is 0. The summed E-state index contributed by atoms with van der Waals surface area (Å²) in [5.74, 6) is 0.917. The molecular formula is C25H35F. The highest BCUT2D eigenvalue weighted by Gasteiger charge is 2.12. The van der Waals surface area contributed by atoms with Gasteiger partial charge in [0.05, 0.1) is 0 Å². The Hall–Kier alpha value is -1.89. The van der Waals surface area contributed by atoms with Crippen LogP contribution in [0, 0.1) is 24.6 Å². The number of hydrogen-bond donors (Lipinski definition) is 0. The van der Waals surface area contributed by atoms with E-state index in [2.05, 4.69) is 59.1 Å². The van der Waals surface area contributed by atoms with E-state index >= 15 is 0 Å². The minimum atomic E-state index is -0.170. The van der Waals surface area contributed by atoms with Crippen LogP contribution in [0.15, 0.2) is 66.3 Å². The van der Waals surface area contributed by atoms with E-state index in [4.69, 9.17) is 0 Å². The fourth-order valence-corrected chi connectivity index (χ4v) is 3.11. The van der Waals surface area contributed by atoms with Gasteiger partial charge in [-0.1, -0.05) is 76.1 Å². The van der Waals surface area contributed by atoms with Gasteiger partial charge < -0.3 is 0 Å². The highest BCUT2D eigenvalue weighted by Crippen LogP contribution is 2.25. The molecule has 0 saturated carbocycles. The van der Waals surface area contributed by atoms with Crippen LogP contribution >= 0.6 is 0 Å². The zero-order valence-electron chi connectivity index (χ0n) is 17.2. The SMILES string of the molecule is C=CC/C(=C\C=C(\Cc1cc(C)cc(F)c1)C(=C)CCC)C(C)C(C)C. The molecular weight excluding hydrogens is 319 g/mol. The average molecular weight is 355 g/mol. The van der Waals surface area contributed by atoms with Gasteiger partial charge in [0.1, 0.15) is 5.82 Å². The molecule has 0 heterocycles. The van der Waals surface area contributed by atoms with Gasteiger partial charge in [-0.15, -0.1) is 6.58 Å². The van der Waals surface area contributed by atoms with E-state index in [1.807, 2.05) is 13.0 Å². The third kappa shape index (κ3) is 7.15. The lowest BCUT2D eigenvalue weighted by Crippen LogP contribution is -2.07.